The molecule has 3 aromatic rings. The van der Waals surface area contributed by atoms with E-state index >= 15 is 0 Å². The summed E-state index contributed by atoms with van der Waals surface area (Å²) in [5, 5.41) is 4.04. The van der Waals surface area contributed by atoms with Gasteiger partial charge >= 0.3 is 6.09 Å². The zero-order valence-corrected chi connectivity index (χ0v) is 29.2. The van der Waals surface area contributed by atoms with Crippen molar-refractivity contribution in [2.24, 2.45) is 5.92 Å². The Morgan fingerprint density at radius 3 is 2.41 bits per heavy atom. The molecule has 1 aromatic carbocycles. The van der Waals surface area contributed by atoms with Gasteiger partial charge in [0.05, 0.1) is 27.7 Å². The maximum absolute atomic E-state index is 13.9. The van der Waals surface area contributed by atoms with Crippen LogP contribution in [-0.4, -0.2) is 80.2 Å². The number of benzene rings is 1. The Bertz CT molecular complexity index is 1810. The maximum Gasteiger partial charge on any atom is 0.411 e. The Kier molecular flexibility index (Phi) is 8.54. The summed E-state index contributed by atoms with van der Waals surface area (Å²) >= 11 is 3.51. The number of nitrogens with one attached hydrogen (secondary N) is 2. The van der Waals surface area contributed by atoms with Crippen molar-refractivity contribution in [3.05, 3.63) is 54.4 Å². The van der Waals surface area contributed by atoms with Gasteiger partial charge in [-0.15, -0.1) is 17.9 Å². The van der Waals surface area contributed by atoms with Crippen molar-refractivity contribution in [2.45, 2.75) is 72.5 Å². The van der Waals surface area contributed by atoms with Gasteiger partial charge in [0.1, 0.15) is 29.0 Å². The molecule has 12 nitrogen and oxygen atoms in total. The van der Waals surface area contributed by atoms with E-state index in [1.165, 1.54) is 22.3 Å². The number of carbonyl (C=O) groups is 3. The molecular formula is C31H34IN5O7S2. The van der Waals surface area contributed by atoms with E-state index in [1.807, 2.05) is 64.4 Å². The van der Waals surface area contributed by atoms with Crippen molar-refractivity contribution < 1.29 is 32.3 Å². The van der Waals surface area contributed by atoms with Gasteiger partial charge in [0, 0.05) is 16.3 Å². The lowest BCUT2D eigenvalue weighted by molar-refractivity contribution is -0.131. The van der Waals surface area contributed by atoms with Gasteiger partial charge in [0.2, 0.25) is 21.8 Å². The molecule has 3 fully saturated rings. The van der Waals surface area contributed by atoms with E-state index in [2.05, 4.69) is 16.6 Å². The molecule has 2 saturated carbocycles. The molecule has 6 atom stereocenters. The third-order valence-corrected chi connectivity index (χ3v) is 12.6. The number of hydrogen-bond acceptors (Lipinski definition) is 10. The lowest BCUT2D eigenvalue weighted by atomic mass is 10.1. The Balaban J connectivity index is 1.26. The number of hydrogen-bond donors (Lipinski definition) is 2. The molecule has 15 heteroatoms. The summed E-state index contributed by atoms with van der Waals surface area (Å²) in [6.07, 6.45) is 0.821. The van der Waals surface area contributed by atoms with Gasteiger partial charge in [-0.1, -0.05) is 46.9 Å². The van der Waals surface area contributed by atoms with E-state index < -0.39 is 62.4 Å². The molecule has 2 aliphatic carbocycles. The monoisotopic (exact) mass is 779 g/mol. The first-order chi connectivity index (χ1) is 21.7. The van der Waals surface area contributed by atoms with Gasteiger partial charge in [0.25, 0.3) is 5.91 Å². The van der Waals surface area contributed by atoms with Crippen LogP contribution >= 0.6 is 33.9 Å². The summed E-state index contributed by atoms with van der Waals surface area (Å²) in [5.41, 5.74) is -0.484. The molecule has 2 N–H and O–H groups in total. The third-order valence-electron chi connectivity index (χ3n) is 8.11. The number of likely N-dealkylation sites (tertiary alicyclic amines) is 1. The normalized spacial score (nSPS) is 27.1. The Morgan fingerprint density at radius 2 is 1.83 bits per heavy atom. The van der Waals surface area contributed by atoms with E-state index in [-0.39, 0.29) is 29.2 Å². The fourth-order valence-corrected chi connectivity index (χ4v) is 9.75. The number of halogens is 1. The van der Waals surface area contributed by atoms with Crippen molar-refractivity contribution in [1.29, 1.82) is 0 Å². The minimum absolute atomic E-state index is 0.00256. The minimum Gasteiger partial charge on any atom is -0.471 e. The van der Waals surface area contributed by atoms with Gasteiger partial charge in [-0.05, 0) is 57.2 Å². The number of fused-ring (bicyclic) bond motifs is 1. The topological polar surface area (TPSA) is 157 Å². The van der Waals surface area contributed by atoms with Crippen LogP contribution in [-0.2, 0) is 24.3 Å². The van der Waals surface area contributed by atoms with Crippen LogP contribution in [0.4, 0.5) is 4.79 Å². The second kappa shape index (κ2) is 12.0. The van der Waals surface area contributed by atoms with E-state index in [4.69, 9.17) is 19.4 Å². The van der Waals surface area contributed by atoms with Crippen molar-refractivity contribution in [3.63, 3.8) is 0 Å². The molecule has 1 aliphatic heterocycles. The first-order valence-electron chi connectivity index (χ1n) is 14.8. The van der Waals surface area contributed by atoms with E-state index in [0.29, 0.717) is 23.1 Å². The quantitative estimate of drug-likeness (QED) is 0.185. The SMILES string of the molecule is C=C[C@@H]1C[C@]1(NC(=O)[C@@H]1C[C@@H](Oc2nc3ccccc3nc2-c2cccs2)CN1C(=O)OC(C)(C)C)C(=O)NS(=O)(=O)C1C[C@@H]1I. The molecule has 1 saturated heterocycles. The minimum atomic E-state index is -3.90. The smallest absolute Gasteiger partial charge is 0.411 e. The Labute approximate surface area is 284 Å². The number of ether oxygens (including phenoxy) is 2. The number of sulfonamides is 1. The predicted octanol–water partition coefficient (Wildman–Crippen LogP) is 4.20. The van der Waals surface area contributed by atoms with E-state index in [9.17, 15) is 22.8 Å². The molecule has 2 aromatic heterocycles. The average Bonchev–Trinajstić information content (AvgIpc) is 3.73. The van der Waals surface area contributed by atoms with Crippen LogP contribution in [0.1, 0.15) is 40.0 Å². The van der Waals surface area contributed by atoms with Gasteiger partial charge < -0.3 is 14.8 Å². The van der Waals surface area contributed by atoms with E-state index in [0.717, 1.165) is 4.88 Å². The summed E-state index contributed by atoms with van der Waals surface area (Å²) in [6.45, 7) is 8.93. The molecule has 0 bridgehead atoms. The fourth-order valence-electron chi connectivity index (χ4n) is 5.55. The first-order valence-corrected chi connectivity index (χ1v) is 18.5. The Morgan fingerprint density at radius 1 is 1.13 bits per heavy atom. The molecule has 1 unspecified atom stereocenters. The van der Waals surface area contributed by atoms with Crippen molar-refractivity contribution >= 4 is 72.9 Å². The summed E-state index contributed by atoms with van der Waals surface area (Å²) in [4.78, 5) is 52.4. The van der Waals surface area contributed by atoms with Crippen molar-refractivity contribution in [1.82, 2.24) is 24.9 Å². The number of aromatic nitrogens is 2. The van der Waals surface area contributed by atoms with Crippen molar-refractivity contribution in [3.8, 4) is 16.5 Å². The number of para-hydroxylation sites is 2. The number of carbonyl (C=O) groups excluding carboxylic acids is 3. The summed E-state index contributed by atoms with van der Waals surface area (Å²) < 4.78 is 39.6. The molecule has 3 amide bonds. The predicted molar refractivity (Wildman–Crippen MR) is 181 cm³/mol. The molecule has 6 rings (SSSR count). The maximum atomic E-state index is 13.9. The molecule has 244 valence electrons. The molecule has 3 heterocycles. The standard InChI is InChI=1S/C31H34IN5O7S2/c1-5-17-15-31(17,28(39)36-46(41,42)24-14-19(24)32)35-26(38)22-13-18(16-37(22)29(40)44-30(2,3)4)43-27-25(23-11-8-12-45-23)33-20-9-6-7-10-21(20)34-27/h5-12,17-19,22,24H,1,13-16H2,2-4H3,(H,35,38)(H,36,39)/t17-,18-,19+,22+,24?,31-/m1/s1. The van der Waals surface area contributed by atoms with Gasteiger partial charge in [0.15, 0.2) is 0 Å². The second-order valence-electron chi connectivity index (χ2n) is 12.7. The average molecular weight is 780 g/mol. The zero-order valence-electron chi connectivity index (χ0n) is 25.4. The van der Waals surface area contributed by atoms with Crippen LogP contribution < -0.4 is 14.8 Å². The lowest BCUT2D eigenvalue weighted by Crippen LogP contribution is -2.57. The number of alkyl halides is 1. The number of rotatable bonds is 9. The van der Waals surface area contributed by atoms with Gasteiger partial charge in [-0.2, -0.15) is 0 Å². The zero-order chi connectivity index (χ0) is 33.0. The first kappa shape index (κ1) is 32.6. The molecular weight excluding hydrogens is 745 g/mol. The van der Waals surface area contributed by atoms with E-state index in [1.54, 1.807) is 20.8 Å². The lowest BCUT2D eigenvalue weighted by Gasteiger charge is -2.29. The molecule has 0 spiro atoms. The van der Waals surface area contributed by atoms with Crippen LogP contribution in [0.2, 0.25) is 0 Å². The van der Waals surface area contributed by atoms with Crippen LogP contribution in [0.25, 0.3) is 21.6 Å². The van der Waals surface area contributed by atoms with Crippen molar-refractivity contribution in [2.75, 3.05) is 6.54 Å². The summed E-state index contributed by atoms with van der Waals surface area (Å²) in [6, 6.07) is 10.1. The third kappa shape index (κ3) is 6.58. The largest absolute Gasteiger partial charge is 0.471 e. The highest BCUT2D eigenvalue weighted by atomic mass is 127. The highest BCUT2D eigenvalue weighted by Gasteiger charge is 2.62. The molecule has 3 aliphatic rings. The summed E-state index contributed by atoms with van der Waals surface area (Å²) in [7, 11) is -3.90. The highest BCUT2D eigenvalue weighted by molar-refractivity contribution is 14.1. The number of nitrogens with zero attached hydrogens (tertiary/aromatic N) is 3. The van der Waals surface area contributed by atoms with Crippen LogP contribution in [0.3, 0.4) is 0 Å². The highest BCUT2D eigenvalue weighted by Crippen LogP contribution is 2.46. The fraction of sp³-hybridized carbons (Fsp3) is 0.452. The van der Waals surface area contributed by atoms with Crippen LogP contribution in [0.5, 0.6) is 5.88 Å². The number of amides is 3. The second-order valence-corrected chi connectivity index (χ2v) is 17.2. The van der Waals surface area contributed by atoms with Crippen LogP contribution in [0, 0.1) is 5.92 Å². The Hall–Kier alpha value is -3.31. The summed E-state index contributed by atoms with van der Waals surface area (Å²) in [5.74, 6) is -1.66. The molecule has 46 heavy (non-hydrogen) atoms. The molecule has 0 radical (unpaired) electrons. The number of thiophene rings is 1. The van der Waals surface area contributed by atoms with Gasteiger partial charge in [-0.25, -0.2) is 23.2 Å². The van der Waals surface area contributed by atoms with Crippen LogP contribution in [0.15, 0.2) is 54.4 Å². The van der Waals surface area contributed by atoms with Gasteiger partial charge in [-0.3, -0.25) is 19.2 Å².